The minimum absolute atomic E-state index is 0.0632. The standard InChI is InChI=1S/C13H20N2OS/c1-8-9(2)17-13(15-8)7-12(16)10-5-3-4-6-11(10)14/h10-11H,3-7,14H2,1-2H3. The van der Waals surface area contributed by atoms with Crippen LogP contribution in [0.5, 0.6) is 0 Å². The van der Waals surface area contributed by atoms with Gasteiger partial charge in [0, 0.05) is 16.8 Å². The summed E-state index contributed by atoms with van der Waals surface area (Å²) in [6, 6.07) is 0.0680. The van der Waals surface area contributed by atoms with Gasteiger partial charge in [-0.1, -0.05) is 12.8 Å². The second-order valence-electron chi connectivity index (χ2n) is 4.95. The summed E-state index contributed by atoms with van der Waals surface area (Å²) >= 11 is 1.64. The van der Waals surface area contributed by atoms with Gasteiger partial charge in [-0.05, 0) is 26.7 Å². The van der Waals surface area contributed by atoms with Crippen LogP contribution in [0.2, 0.25) is 0 Å². The van der Waals surface area contributed by atoms with Crippen LogP contribution in [0.15, 0.2) is 0 Å². The van der Waals surface area contributed by atoms with Gasteiger partial charge in [0.25, 0.3) is 0 Å². The van der Waals surface area contributed by atoms with Crippen LogP contribution < -0.4 is 5.73 Å². The molecular formula is C13H20N2OS. The highest BCUT2D eigenvalue weighted by molar-refractivity contribution is 7.11. The molecule has 0 saturated heterocycles. The van der Waals surface area contributed by atoms with Gasteiger partial charge in [0.2, 0.25) is 0 Å². The van der Waals surface area contributed by atoms with Crippen LogP contribution in [-0.4, -0.2) is 16.8 Å². The molecule has 1 aliphatic rings. The maximum absolute atomic E-state index is 12.2. The molecule has 0 aliphatic heterocycles. The van der Waals surface area contributed by atoms with Crippen LogP contribution in [0.3, 0.4) is 0 Å². The number of thiazole rings is 1. The van der Waals surface area contributed by atoms with E-state index in [9.17, 15) is 4.79 Å². The topological polar surface area (TPSA) is 56.0 Å². The van der Waals surface area contributed by atoms with E-state index < -0.39 is 0 Å². The van der Waals surface area contributed by atoms with Crippen LogP contribution in [0.25, 0.3) is 0 Å². The summed E-state index contributed by atoms with van der Waals surface area (Å²) in [7, 11) is 0. The lowest BCUT2D eigenvalue weighted by Gasteiger charge is -2.26. The predicted octanol–water partition coefficient (Wildman–Crippen LogP) is 2.39. The fourth-order valence-electron chi connectivity index (χ4n) is 2.45. The van der Waals surface area contributed by atoms with Crippen molar-refractivity contribution in [3.8, 4) is 0 Å². The third kappa shape index (κ3) is 2.93. The number of nitrogens with zero attached hydrogens (tertiary/aromatic N) is 1. The Hall–Kier alpha value is -0.740. The summed E-state index contributed by atoms with van der Waals surface area (Å²) in [6.07, 6.45) is 4.73. The molecule has 3 nitrogen and oxygen atoms in total. The van der Waals surface area contributed by atoms with E-state index in [1.165, 1.54) is 11.3 Å². The molecule has 1 heterocycles. The molecule has 1 saturated carbocycles. The highest BCUT2D eigenvalue weighted by Gasteiger charge is 2.28. The van der Waals surface area contributed by atoms with Crippen LogP contribution in [0, 0.1) is 19.8 Å². The van der Waals surface area contributed by atoms with Crippen LogP contribution in [0.4, 0.5) is 0 Å². The Morgan fingerprint density at radius 1 is 1.41 bits per heavy atom. The van der Waals surface area contributed by atoms with Crippen LogP contribution >= 0.6 is 11.3 Å². The zero-order valence-corrected chi connectivity index (χ0v) is 11.3. The van der Waals surface area contributed by atoms with E-state index >= 15 is 0 Å². The predicted molar refractivity (Wildman–Crippen MR) is 70.2 cm³/mol. The van der Waals surface area contributed by atoms with E-state index in [2.05, 4.69) is 4.98 Å². The van der Waals surface area contributed by atoms with Crippen molar-refractivity contribution in [1.82, 2.24) is 4.98 Å². The van der Waals surface area contributed by atoms with Crippen LogP contribution in [-0.2, 0) is 11.2 Å². The zero-order chi connectivity index (χ0) is 12.4. The summed E-state index contributed by atoms with van der Waals surface area (Å²) in [6.45, 7) is 4.04. The molecular weight excluding hydrogens is 232 g/mol. The first-order valence-corrected chi connectivity index (χ1v) is 7.11. The lowest BCUT2D eigenvalue weighted by atomic mass is 9.81. The number of carbonyl (C=O) groups is 1. The van der Waals surface area contributed by atoms with Crippen LogP contribution in [0.1, 0.15) is 41.3 Å². The molecule has 4 heteroatoms. The third-order valence-corrected chi connectivity index (χ3v) is 4.70. The number of carbonyl (C=O) groups excluding carboxylic acids is 1. The van der Waals surface area contributed by atoms with E-state index in [1.807, 2.05) is 13.8 Å². The Balaban J connectivity index is 2.00. The van der Waals surface area contributed by atoms with Gasteiger partial charge in [-0.3, -0.25) is 4.79 Å². The fourth-order valence-corrected chi connectivity index (χ4v) is 3.40. The molecule has 2 atom stereocenters. The van der Waals surface area contributed by atoms with E-state index in [0.29, 0.717) is 6.42 Å². The third-order valence-electron chi connectivity index (χ3n) is 3.63. The molecule has 1 aromatic heterocycles. The van der Waals surface area contributed by atoms with Crippen molar-refractivity contribution >= 4 is 17.1 Å². The zero-order valence-electron chi connectivity index (χ0n) is 10.5. The average Bonchev–Trinajstić information content (AvgIpc) is 2.58. The minimum atomic E-state index is 0.0632. The van der Waals surface area contributed by atoms with Crippen molar-refractivity contribution in [2.45, 2.75) is 52.0 Å². The van der Waals surface area contributed by atoms with Gasteiger partial charge in [-0.25, -0.2) is 4.98 Å². The molecule has 0 radical (unpaired) electrons. The fraction of sp³-hybridized carbons (Fsp3) is 0.692. The molecule has 2 unspecified atom stereocenters. The smallest absolute Gasteiger partial charge is 0.144 e. The van der Waals surface area contributed by atoms with E-state index in [-0.39, 0.29) is 17.7 Å². The SMILES string of the molecule is Cc1nc(CC(=O)C2CCCCC2N)sc1C. The second kappa shape index (κ2) is 5.27. The van der Waals surface area contributed by atoms with Crippen molar-refractivity contribution in [2.75, 3.05) is 0 Å². The Morgan fingerprint density at radius 2 is 2.12 bits per heavy atom. The van der Waals surface area contributed by atoms with Gasteiger partial charge in [-0.2, -0.15) is 0 Å². The van der Waals surface area contributed by atoms with Crippen molar-refractivity contribution in [1.29, 1.82) is 0 Å². The number of Topliss-reactive ketones (excluding diaryl/α,β-unsaturated/α-hetero) is 1. The molecule has 94 valence electrons. The maximum atomic E-state index is 12.2. The molecule has 2 rings (SSSR count). The first kappa shape index (κ1) is 12.7. The number of ketones is 1. The Morgan fingerprint density at radius 3 is 2.71 bits per heavy atom. The molecule has 1 fully saturated rings. The Bertz CT molecular complexity index is 394. The highest BCUT2D eigenvalue weighted by atomic mass is 32.1. The molecule has 0 spiro atoms. The molecule has 0 amide bonds. The number of aryl methyl sites for hydroxylation is 2. The number of hydrogen-bond donors (Lipinski definition) is 1. The molecule has 0 bridgehead atoms. The summed E-state index contributed by atoms with van der Waals surface area (Å²) in [4.78, 5) is 17.8. The monoisotopic (exact) mass is 252 g/mol. The molecule has 1 aliphatic carbocycles. The van der Waals surface area contributed by atoms with Crippen molar-refractivity contribution in [3.63, 3.8) is 0 Å². The van der Waals surface area contributed by atoms with Gasteiger partial charge in [-0.15, -0.1) is 11.3 Å². The van der Waals surface area contributed by atoms with E-state index in [1.54, 1.807) is 11.3 Å². The normalized spacial score (nSPS) is 24.9. The lowest BCUT2D eigenvalue weighted by Crippen LogP contribution is -2.38. The molecule has 0 aromatic carbocycles. The van der Waals surface area contributed by atoms with E-state index in [4.69, 9.17) is 5.73 Å². The van der Waals surface area contributed by atoms with Crippen molar-refractivity contribution in [3.05, 3.63) is 15.6 Å². The summed E-state index contributed by atoms with van der Waals surface area (Å²) in [5.74, 6) is 0.346. The second-order valence-corrected chi connectivity index (χ2v) is 6.23. The summed E-state index contributed by atoms with van der Waals surface area (Å²) in [5, 5.41) is 0.947. The van der Waals surface area contributed by atoms with Gasteiger partial charge in [0.1, 0.15) is 10.8 Å². The maximum Gasteiger partial charge on any atom is 0.144 e. The number of nitrogens with two attached hydrogens (primary N) is 1. The summed E-state index contributed by atoms with van der Waals surface area (Å²) in [5.41, 5.74) is 7.08. The highest BCUT2D eigenvalue weighted by Crippen LogP contribution is 2.26. The Kier molecular flexibility index (Phi) is 3.94. The van der Waals surface area contributed by atoms with Crippen molar-refractivity contribution < 1.29 is 4.79 Å². The van der Waals surface area contributed by atoms with Gasteiger partial charge < -0.3 is 5.73 Å². The summed E-state index contributed by atoms with van der Waals surface area (Å²) < 4.78 is 0. The first-order valence-electron chi connectivity index (χ1n) is 6.29. The van der Waals surface area contributed by atoms with E-state index in [0.717, 1.165) is 30.0 Å². The lowest BCUT2D eigenvalue weighted by molar-refractivity contribution is -0.123. The number of hydrogen-bond acceptors (Lipinski definition) is 4. The molecule has 2 N–H and O–H groups in total. The van der Waals surface area contributed by atoms with Gasteiger partial charge >= 0.3 is 0 Å². The van der Waals surface area contributed by atoms with Gasteiger partial charge in [0.15, 0.2) is 0 Å². The van der Waals surface area contributed by atoms with Crippen molar-refractivity contribution in [2.24, 2.45) is 11.7 Å². The minimum Gasteiger partial charge on any atom is -0.327 e. The van der Waals surface area contributed by atoms with Gasteiger partial charge in [0.05, 0.1) is 12.1 Å². The largest absolute Gasteiger partial charge is 0.327 e. The first-order chi connectivity index (χ1) is 8.08. The quantitative estimate of drug-likeness (QED) is 0.898. The molecule has 17 heavy (non-hydrogen) atoms. The Labute approximate surface area is 106 Å². The number of aromatic nitrogens is 1. The average molecular weight is 252 g/mol. The number of rotatable bonds is 3. The molecule has 1 aromatic rings.